The molecule has 0 heterocycles. The number of carboxylic acids is 1. The molecule has 0 aromatic heterocycles. The van der Waals surface area contributed by atoms with Crippen molar-refractivity contribution in [1.82, 2.24) is 5.32 Å². The predicted octanol–water partition coefficient (Wildman–Crippen LogP) is 0.700. The van der Waals surface area contributed by atoms with E-state index >= 15 is 0 Å². The maximum atomic E-state index is 9.89. The van der Waals surface area contributed by atoms with Gasteiger partial charge in [0.2, 0.25) is 0 Å². The smallest absolute Gasteiger partial charge is 0.542 e. The zero-order valence-electron chi connectivity index (χ0n) is 14.4. The third kappa shape index (κ3) is 25.4. The fraction of sp³-hybridized carbons (Fsp3) is 0.875. The van der Waals surface area contributed by atoms with E-state index in [-0.39, 0.29) is 29.6 Å². The minimum Gasteiger partial charge on any atom is -0.542 e. The SMILES string of the molecule is CCCCCCCCCCC[C-]=O.CNC(C)C(=O)O.[Na+]. The molecule has 0 rings (SSSR count). The molecule has 0 amide bonds. The van der Waals surface area contributed by atoms with Crippen molar-refractivity contribution in [2.45, 2.75) is 84.1 Å². The molecule has 1 atom stereocenters. The van der Waals surface area contributed by atoms with E-state index in [9.17, 15) is 9.59 Å². The van der Waals surface area contributed by atoms with Crippen LogP contribution in [0.15, 0.2) is 0 Å². The Balaban J connectivity index is -0.000000347. The maximum Gasteiger partial charge on any atom is 1.00 e. The van der Waals surface area contributed by atoms with E-state index in [0.29, 0.717) is 6.42 Å². The van der Waals surface area contributed by atoms with Crippen molar-refractivity contribution in [3.63, 3.8) is 0 Å². The van der Waals surface area contributed by atoms with Crippen molar-refractivity contribution in [3.8, 4) is 0 Å². The summed E-state index contributed by atoms with van der Waals surface area (Å²) in [4.78, 5) is 19.8. The van der Waals surface area contributed by atoms with Gasteiger partial charge in [0, 0.05) is 0 Å². The molecule has 1 unspecified atom stereocenters. The first kappa shape index (κ1) is 26.0. The molecule has 0 aliphatic carbocycles. The molecule has 0 fully saturated rings. The fourth-order valence-electron chi connectivity index (χ4n) is 1.63. The number of aliphatic carboxylic acids is 1. The third-order valence-electron chi connectivity index (χ3n) is 3.19. The average Bonchev–Trinajstić information content (AvgIpc) is 2.45. The first-order valence-corrected chi connectivity index (χ1v) is 7.85. The summed E-state index contributed by atoms with van der Waals surface area (Å²) in [5, 5.41) is 10.7. The van der Waals surface area contributed by atoms with Gasteiger partial charge in [0.15, 0.2) is 0 Å². The topological polar surface area (TPSA) is 66.4 Å². The van der Waals surface area contributed by atoms with E-state index in [1.807, 2.05) is 6.29 Å². The Kier molecular flexibility index (Phi) is 27.7. The minimum atomic E-state index is -0.817. The fourth-order valence-corrected chi connectivity index (χ4v) is 1.63. The van der Waals surface area contributed by atoms with Crippen molar-refractivity contribution in [2.24, 2.45) is 0 Å². The Morgan fingerprint density at radius 1 is 1.05 bits per heavy atom. The largest absolute Gasteiger partial charge is 1.00 e. The summed E-state index contributed by atoms with van der Waals surface area (Å²) in [6.45, 7) is 3.83. The molecule has 5 heteroatoms. The van der Waals surface area contributed by atoms with Gasteiger partial charge < -0.3 is 15.2 Å². The second-order valence-corrected chi connectivity index (χ2v) is 5.07. The van der Waals surface area contributed by atoms with E-state index < -0.39 is 12.0 Å². The molecule has 0 saturated heterocycles. The van der Waals surface area contributed by atoms with Crippen molar-refractivity contribution in [3.05, 3.63) is 0 Å². The Labute approximate surface area is 152 Å². The van der Waals surface area contributed by atoms with Gasteiger partial charge in [0.05, 0.1) is 0 Å². The Hall–Kier alpha value is 0.100. The minimum absolute atomic E-state index is 0. The Morgan fingerprint density at radius 3 is 1.76 bits per heavy atom. The van der Waals surface area contributed by atoms with E-state index in [0.717, 1.165) is 6.42 Å². The van der Waals surface area contributed by atoms with Crippen LogP contribution in [-0.2, 0) is 9.59 Å². The quantitative estimate of drug-likeness (QED) is 0.316. The van der Waals surface area contributed by atoms with Crippen LogP contribution in [-0.4, -0.2) is 30.5 Å². The molecule has 0 spiro atoms. The zero-order chi connectivity index (χ0) is 15.6. The van der Waals surface area contributed by atoms with Gasteiger partial charge in [0.1, 0.15) is 6.04 Å². The molecule has 4 nitrogen and oxygen atoms in total. The van der Waals surface area contributed by atoms with Crippen LogP contribution < -0.4 is 34.9 Å². The second-order valence-electron chi connectivity index (χ2n) is 5.07. The van der Waals surface area contributed by atoms with Crippen molar-refractivity contribution in [1.29, 1.82) is 0 Å². The van der Waals surface area contributed by atoms with Crippen LogP contribution in [0, 0.1) is 0 Å². The van der Waals surface area contributed by atoms with Crippen molar-refractivity contribution < 1.29 is 44.3 Å². The van der Waals surface area contributed by atoms with E-state index in [2.05, 4.69) is 12.2 Å². The molecule has 0 aliphatic rings. The molecule has 0 bridgehead atoms. The summed E-state index contributed by atoms with van der Waals surface area (Å²) < 4.78 is 0. The average molecular weight is 309 g/mol. The monoisotopic (exact) mass is 309 g/mol. The Bertz CT molecular complexity index is 226. The number of rotatable bonds is 12. The summed E-state index contributed by atoms with van der Waals surface area (Å²) in [7, 11) is 1.61. The first-order chi connectivity index (χ1) is 9.59. The number of hydrogen-bond acceptors (Lipinski definition) is 3. The van der Waals surface area contributed by atoms with Gasteiger partial charge in [-0.3, -0.25) is 11.1 Å². The van der Waals surface area contributed by atoms with Gasteiger partial charge in [-0.05, 0) is 14.0 Å². The molecule has 2 N–H and O–H groups in total. The van der Waals surface area contributed by atoms with Gasteiger partial charge in [-0.2, -0.15) is 6.42 Å². The zero-order valence-corrected chi connectivity index (χ0v) is 16.4. The van der Waals surface area contributed by atoms with Crippen LogP contribution in [0.1, 0.15) is 78.1 Å². The maximum absolute atomic E-state index is 9.89. The van der Waals surface area contributed by atoms with E-state index in [1.165, 1.54) is 51.4 Å². The number of hydrogen-bond donors (Lipinski definition) is 2. The molecular weight excluding hydrogens is 277 g/mol. The van der Waals surface area contributed by atoms with Gasteiger partial charge in [-0.25, -0.2) is 0 Å². The number of likely N-dealkylation sites (N-methyl/N-ethyl adjacent to an activating group) is 1. The summed E-state index contributed by atoms with van der Waals surface area (Å²) in [5.41, 5.74) is 0. The van der Waals surface area contributed by atoms with E-state index in [4.69, 9.17) is 5.11 Å². The number of carbonyl (C=O) groups excluding carboxylic acids is 1. The molecule has 0 aromatic rings. The molecule has 0 radical (unpaired) electrons. The van der Waals surface area contributed by atoms with Crippen LogP contribution >= 0.6 is 0 Å². The van der Waals surface area contributed by atoms with Crippen molar-refractivity contribution in [2.75, 3.05) is 7.05 Å². The summed E-state index contributed by atoms with van der Waals surface area (Å²) >= 11 is 0. The number of unbranched alkanes of at least 4 members (excludes halogenated alkanes) is 9. The molecule has 120 valence electrons. The number of carboxylic acid groups (broad SMARTS) is 1. The van der Waals surface area contributed by atoms with E-state index in [1.54, 1.807) is 14.0 Å². The Morgan fingerprint density at radius 2 is 1.48 bits per heavy atom. The molecule has 21 heavy (non-hydrogen) atoms. The van der Waals surface area contributed by atoms with Crippen LogP contribution in [0.3, 0.4) is 0 Å². The predicted molar refractivity (Wildman–Crippen MR) is 83.7 cm³/mol. The van der Waals surface area contributed by atoms with Gasteiger partial charge >= 0.3 is 35.5 Å². The van der Waals surface area contributed by atoms with Crippen molar-refractivity contribution >= 4 is 12.3 Å². The molecule has 0 aromatic carbocycles. The number of nitrogens with one attached hydrogen (secondary N) is 1. The van der Waals surface area contributed by atoms with Crippen LogP contribution in [0.4, 0.5) is 0 Å². The van der Waals surface area contributed by atoms with Gasteiger partial charge in [0.25, 0.3) is 0 Å². The summed E-state index contributed by atoms with van der Waals surface area (Å²) in [5.74, 6) is -0.817. The van der Waals surface area contributed by atoms with Crippen LogP contribution in [0.2, 0.25) is 0 Å². The summed E-state index contributed by atoms with van der Waals surface area (Å²) in [6.07, 6.45) is 14.4. The standard InChI is InChI=1S/C12H23O.C4H9NO2.Na/c1-2-3-4-5-6-7-8-9-10-11-12-13;1-3(5-2)4(6)7;/h2-11H2,1H3;3,5H,1-2H3,(H,6,7);/q-1;;+1. The normalized spacial score (nSPS) is 10.8. The second kappa shape index (κ2) is 22.4. The molecular formula is C16H32NNaO3. The van der Waals surface area contributed by atoms with Gasteiger partial charge in [-0.1, -0.05) is 64.7 Å². The van der Waals surface area contributed by atoms with Gasteiger partial charge in [-0.15, -0.1) is 0 Å². The first-order valence-electron chi connectivity index (χ1n) is 7.85. The molecule has 0 saturated carbocycles. The van der Waals surface area contributed by atoms with Crippen LogP contribution in [0.25, 0.3) is 0 Å². The van der Waals surface area contributed by atoms with Crippen LogP contribution in [0.5, 0.6) is 0 Å². The summed E-state index contributed by atoms with van der Waals surface area (Å²) in [6, 6.07) is -0.431. The number of carbonyl (C=O) groups is 1. The molecule has 0 aliphatic heterocycles. The third-order valence-corrected chi connectivity index (χ3v) is 3.19.